The molecule has 1 aliphatic rings. The lowest BCUT2D eigenvalue weighted by molar-refractivity contribution is -0.0271. The molecule has 0 aromatic heterocycles. The molecule has 0 spiro atoms. The number of rotatable bonds is 5. The molecular formula is C12H13F2NO5S. The number of hydrogen-bond acceptors (Lipinski definition) is 4. The molecule has 0 saturated heterocycles. The minimum Gasteiger partial charge on any atom is -0.478 e. The van der Waals surface area contributed by atoms with E-state index >= 15 is 0 Å². The third-order valence-corrected chi connectivity index (χ3v) is 4.81. The first kappa shape index (κ1) is 15.8. The molecule has 6 nitrogen and oxygen atoms in total. The van der Waals surface area contributed by atoms with E-state index < -0.39 is 43.7 Å². The third kappa shape index (κ3) is 3.20. The van der Waals surface area contributed by atoms with Gasteiger partial charge in [-0.25, -0.2) is 26.7 Å². The molecule has 9 heteroatoms. The molecule has 1 aromatic carbocycles. The van der Waals surface area contributed by atoms with Crippen LogP contribution < -0.4 is 4.72 Å². The van der Waals surface area contributed by atoms with Crippen molar-refractivity contribution in [2.24, 2.45) is 0 Å². The van der Waals surface area contributed by atoms with Crippen molar-refractivity contribution in [1.82, 2.24) is 4.72 Å². The first-order valence-electron chi connectivity index (χ1n) is 6.09. The summed E-state index contributed by atoms with van der Waals surface area (Å²) in [6, 6.07) is 0.935. The predicted molar refractivity (Wildman–Crippen MR) is 67.3 cm³/mol. The Morgan fingerprint density at radius 1 is 1.33 bits per heavy atom. The van der Waals surface area contributed by atoms with Gasteiger partial charge in [-0.15, -0.1) is 0 Å². The standard InChI is InChI=1S/C12H13F2NO5S/c13-8-4-7(11(16)17)5-9(10(8)14)21(19,20)15-6-12(18)2-1-3-12/h4-5,15,18H,1-3,6H2,(H,16,17). The molecule has 1 aliphatic carbocycles. The first-order chi connectivity index (χ1) is 9.65. The van der Waals surface area contributed by atoms with Crippen molar-refractivity contribution in [2.75, 3.05) is 6.54 Å². The van der Waals surface area contributed by atoms with Gasteiger partial charge in [0.05, 0.1) is 11.2 Å². The highest BCUT2D eigenvalue weighted by atomic mass is 32.2. The Morgan fingerprint density at radius 3 is 2.43 bits per heavy atom. The largest absolute Gasteiger partial charge is 0.478 e. The number of carbonyl (C=O) groups is 1. The highest BCUT2D eigenvalue weighted by Gasteiger charge is 2.36. The van der Waals surface area contributed by atoms with Gasteiger partial charge in [0.2, 0.25) is 10.0 Å². The average molecular weight is 321 g/mol. The van der Waals surface area contributed by atoms with E-state index in [1.165, 1.54) is 0 Å². The number of aliphatic hydroxyl groups is 1. The Morgan fingerprint density at radius 2 is 1.95 bits per heavy atom. The van der Waals surface area contributed by atoms with Gasteiger partial charge in [-0.3, -0.25) is 0 Å². The maximum atomic E-state index is 13.6. The van der Waals surface area contributed by atoms with Gasteiger partial charge in [-0.2, -0.15) is 0 Å². The van der Waals surface area contributed by atoms with Gasteiger partial charge in [0.25, 0.3) is 0 Å². The molecule has 0 bridgehead atoms. The van der Waals surface area contributed by atoms with E-state index in [4.69, 9.17) is 5.11 Å². The smallest absolute Gasteiger partial charge is 0.335 e. The Kier molecular flexibility index (Phi) is 4.00. The molecule has 21 heavy (non-hydrogen) atoms. The molecule has 1 fully saturated rings. The quantitative estimate of drug-likeness (QED) is 0.746. The summed E-state index contributed by atoms with van der Waals surface area (Å²) in [5.41, 5.74) is -1.87. The molecule has 1 saturated carbocycles. The van der Waals surface area contributed by atoms with Gasteiger partial charge in [0, 0.05) is 6.54 Å². The van der Waals surface area contributed by atoms with E-state index in [2.05, 4.69) is 0 Å². The fourth-order valence-corrected chi connectivity index (χ4v) is 3.18. The molecule has 0 heterocycles. The molecule has 0 amide bonds. The Balaban J connectivity index is 2.32. The summed E-state index contributed by atoms with van der Waals surface area (Å²) < 4.78 is 52.8. The van der Waals surface area contributed by atoms with Crippen LogP contribution in [0.15, 0.2) is 17.0 Å². The molecule has 0 unspecified atom stereocenters. The molecule has 0 aliphatic heterocycles. The average Bonchev–Trinajstić information content (AvgIpc) is 2.36. The molecule has 0 atom stereocenters. The lowest BCUT2D eigenvalue weighted by atomic mass is 9.81. The Bertz CT molecular complexity index is 685. The molecule has 116 valence electrons. The van der Waals surface area contributed by atoms with E-state index in [1.807, 2.05) is 4.72 Å². The van der Waals surface area contributed by atoms with Crippen molar-refractivity contribution in [3.05, 3.63) is 29.3 Å². The van der Waals surface area contributed by atoms with Crippen molar-refractivity contribution in [3.8, 4) is 0 Å². The van der Waals surface area contributed by atoms with Gasteiger partial charge in [0.1, 0.15) is 4.90 Å². The SMILES string of the molecule is O=C(O)c1cc(F)c(F)c(S(=O)(=O)NCC2(O)CCC2)c1. The molecule has 0 radical (unpaired) electrons. The third-order valence-electron chi connectivity index (χ3n) is 3.41. The minimum absolute atomic E-state index is 0.340. The van der Waals surface area contributed by atoms with E-state index in [0.717, 1.165) is 6.42 Å². The van der Waals surface area contributed by atoms with Crippen LogP contribution in [0.2, 0.25) is 0 Å². The van der Waals surface area contributed by atoms with Crippen LogP contribution in [0.3, 0.4) is 0 Å². The number of aromatic carboxylic acids is 1. The van der Waals surface area contributed by atoms with Gasteiger partial charge in [-0.05, 0) is 31.4 Å². The molecule has 3 N–H and O–H groups in total. The summed E-state index contributed by atoms with van der Waals surface area (Å²) in [7, 11) is -4.47. The Hall–Kier alpha value is -1.58. The van der Waals surface area contributed by atoms with Crippen molar-refractivity contribution in [2.45, 2.75) is 29.8 Å². The van der Waals surface area contributed by atoms with Crippen molar-refractivity contribution in [3.63, 3.8) is 0 Å². The zero-order chi connectivity index (χ0) is 15.8. The number of nitrogens with one attached hydrogen (secondary N) is 1. The molecule has 2 rings (SSSR count). The van der Waals surface area contributed by atoms with Crippen LogP contribution in [-0.4, -0.2) is 36.7 Å². The van der Waals surface area contributed by atoms with Crippen LogP contribution >= 0.6 is 0 Å². The highest BCUT2D eigenvalue weighted by molar-refractivity contribution is 7.89. The van der Waals surface area contributed by atoms with Crippen molar-refractivity contribution in [1.29, 1.82) is 0 Å². The monoisotopic (exact) mass is 321 g/mol. The summed E-state index contributed by atoms with van der Waals surface area (Å²) in [4.78, 5) is 9.68. The lowest BCUT2D eigenvalue weighted by Crippen LogP contribution is -2.47. The second kappa shape index (κ2) is 5.32. The summed E-state index contributed by atoms with van der Waals surface area (Å²) in [5.74, 6) is -4.81. The van der Waals surface area contributed by atoms with Crippen molar-refractivity contribution >= 4 is 16.0 Å². The highest BCUT2D eigenvalue weighted by Crippen LogP contribution is 2.31. The normalized spacial score (nSPS) is 17.3. The maximum absolute atomic E-state index is 13.6. The summed E-state index contributed by atoms with van der Waals surface area (Å²) in [6.07, 6.45) is 1.55. The van der Waals surface area contributed by atoms with Crippen LogP contribution in [-0.2, 0) is 10.0 Å². The predicted octanol–water partition coefficient (Wildman–Crippen LogP) is 0.856. The van der Waals surface area contributed by atoms with Crippen LogP contribution in [0.1, 0.15) is 29.6 Å². The Labute approximate surface area is 119 Å². The summed E-state index contributed by atoms with van der Waals surface area (Å²) in [6.45, 7) is -0.340. The second-order valence-electron chi connectivity index (χ2n) is 4.98. The van der Waals surface area contributed by atoms with Crippen LogP contribution in [0.25, 0.3) is 0 Å². The van der Waals surface area contributed by atoms with E-state index in [9.17, 15) is 27.1 Å². The van der Waals surface area contributed by atoms with Crippen LogP contribution in [0.4, 0.5) is 8.78 Å². The van der Waals surface area contributed by atoms with Gasteiger partial charge >= 0.3 is 5.97 Å². The fourth-order valence-electron chi connectivity index (χ4n) is 1.95. The number of carboxylic acid groups (broad SMARTS) is 1. The van der Waals surface area contributed by atoms with Gasteiger partial charge < -0.3 is 10.2 Å². The number of carboxylic acids is 1. The number of hydrogen-bond donors (Lipinski definition) is 3. The summed E-state index contributed by atoms with van der Waals surface area (Å²) >= 11 is 0. The summed E-state index contributed by atoms with van der Waals surface area (Å²) in [5, 5.41) is 18.6. The zero-order valence-corrected chi connectivity index (χ0v) is 11.6. The number of sulfonamides is 1. The van der Waals surface area contributed by atoms with E-state index in [1.54, 1.807) is 0 Å². The molecule has 1 aromatic rings. The number of benzene rings is 1. The van der Waals surface area contributed by atoms with Gasteiger partial charge in [-0.1, -0.05) is 0 Å². The molecular weight excluding hydrogens is 308 g/mol. The number of halogens is 2. The lowest BCUT2D eigenvalue weighted by Gasteiger charge is -2.36. The van der Waals surface area contributed by atoms with Crippen LogP contribution in [0.5, 0.6) is 0 Å². The van der Waals surface area contributed by atoms with E-state index in [-0.39, 0.29) is 6.54 Å². The second-order valence-corrected chi connectivity index (χ2v) is 6.71. The van der Waals surface area contributed by atoms with Crippen LogP contribution in [0, 0.1) is 11.6 Å². The first-order valence-corrected chi connectivity index (χ1v) is 7.57. The fraction of sp³-hybridized carbons (Fsp3) is 0.417. The van der Waals surface area contributed by atoms with Crippen molar-refractivity contribution < 1.29 is 32.2 Å². The topological polar surface area (TPSA) is 104 Å². The maximum Gasteiger partial charge on any atom is 0.335 e. The minimum atomic E-state index is -4.47. The zero-order valence-electron chi connectivity index (χ0n) is 10.8. The van der Waals surface area contributed by atoms with E-state index in [0.29, 0.717) is 25.0 Å². The van der Waals surface area contributed by atoms with Gasteiger partial charge in [0.15, 0.2) is 11.6 Å².